The molecule has 0 spiro atoms. The highest BCUT2D eigenvalue weighted by atomic mass is 16.7. The Bertz CT molecular complexity index is 449. The molecule has 1 aromatic rings. The summed E-state index contributed by atoms with van der Waals surface area (Å²) in [4.78, 5) is 22.3. The first-order chi connectivity index (χ1) is 9.10. The van der Waals surface area contributed by atoms with Gasteiger partial charge in [-0.1, -0.05) is 13.5 Å². The van der Waals surface area contributed by atoms with E-state index in [1.165, 1.54) is 7.11 Å². The molecule has 0 aliphatic heterocycles. The van der Waals surface area contributed by atoms with Crippen molar-refractivity contribution in [1.82, 2.24) is 0 Å². The van der Waals surface area contributed by atoms with Crippen LogP contribution in [0, 0.1) is 0 Å². The van der Waals surface area contributed by atoms with Crippen molar-refractivity contribution in [3.8, 4) is 5.75 Å². The molecule has 0 aliphatic rings. The average Bonchev–Trinajstić information content (AvgIpc) is 2.46. The van der Waals surface area contributed by atoms with Crippen LogP contribution in [0.15, 0.2) is 36.9 Å². The maximum absolute atomic E-state index is 11.2. The molecule has 1 atom stereocenters. The van der Waals surface area contributed by atoms with Gasteiger partial charge in [-0.2, -0.15) is 0 Å². The topological polar surface area (TPSA) is 61.8 Å². The van der Waals surface area contributed by atoms with E-state index in [2.05, 4.69) is 11.3 Å². The number of ether oxygens (including phenoxy) is 3. The Morgan fingerprint density at radius 3 is 2.42 bits per heavy atom. The lowest BCUT2D eigenvalue weighted by molar-refractivity contribution is -0.157. The predicted molar refractivity (Wildman–Crippen MR) is 68.8 cm³/mol. The summed E-state index contributed by atoms with van der Waals surface area (Å²) in [7, 11) is 1.31. The molecule has 1 aromatic carbocycles. The Hall–Kier alpha value is -2.30. The molecule has 0 N–H and O–H groups in total. The molecule has 0 bridgehead atoms. The zero-order valence-corrected chi connectivity index (χ0v) is 10.9. The monoisotopic (exact) mass is 264 g/mol. The van der Waals surface area contributed by atoms with E-state index in [1.54, 1.807) is 24.3 Å². The van der Waals surface area contributed by atoms with E-state index in [1.807, 2.05) is 6.92 Å². The van der Waals surface area contributed by atoms with E-state index in [4.69, 9.17) is 9.47 Å². The SMILES string of the molecule is C=CC(=O)OC(CC)Oc1ccc(C(=O)OC)cc1. The third-order valence-electron chi connectivity index (χ3n) is 2.29. The minimum atomic E-state index is -0.686. The lowest BCUT2D eigenvalue weighted by atomic mass is 10.2. The van der Waals surface area contributed by atoms with Gasteiger partial charge in [0.25, 0.3) is 0 Å². The van der Waals surface area contributed by atoms with Crippen molar-refractivity contribution < 1.29 is 23.8 Å². The predicted octanol–water partition coefficient (Wildman–Crippen LogP) is 2.32. The summed E-state index contributed by atoms with van der Waals surface area (Å²) in [6.07, 6.45) is 0.888. The van der Waals surface area contributed by atoms with Crippen LogP contribution < -0.4 is 4.74 Å². The highest BCUT2D eigenvalue weighted by Gasteiger charge is 2.12. The third kappa shape index (κ3) is 4.46. The Labute approximate surface area is 111 Å². The van der Waals surface area contributed by atoms with Crippen LogP contribution in [0.3, 0.4) is 0 Å². The summed E-state index contributed by atoms with van der Waals surface area (Å²) in [5.41, 5.74) is 0.422. The molecule has 0 saturated heterocycles. The van der Waals surface area contributed by atoms with E-state index < -0.39 is 18.2 Å². The number of carbonyl (C=O) groups excluding carboxylic acids is 2. The number of hydrogen-bond donors (Lipinski definition) is 0. The van der Waals surface area contributed by atoms with Crippen LogP contribution >= 0.6 is 0 Å². The summed E-state index contributed by atoms with van der Waals surface area (Å²) < 4.78 is 15.0. The number of carbonyl (C=O) groups is 2. The van der Waals surface area contributed by atoms with Crippen molar-refractivity contribution in [1.29, 1.82) is 0 Å². The zero-order valence-electron chi connectivity index (χ0n) is 10.9. The first-order valence-corrected chi connectivity index (χ1v) is 5.78. The minimum Gasteiger partial charge on any atom is -0.465 e. The lowest BCUT2D eigenvalue weighted by Gasteiger charge is -2.17. The average molecular weight is 264 g/mol. The van der Waals surface area contributed by atoms with E-state index >= 15 is 0 Å². The molecule has 1 rings (SSSR count). The number of methoxy groups -OCH3 is 1. The van der Waals surface area contributed by atoms with Crippen molar-refractivity contribution >= 4 is 11.9 Å². The molecular formula is C14H16O5. The second-order valence-electron chi connectivity index (χ2n) is 3.61. The summed E-state index contributed by atoms with van der Waals surface area (Å²) in [5.74, 6) is -0.467. The molecule has 0 fully saturated rings. The van der Waals surface area contributed by atoms with Crippen LogP contribution in [0.2, 0.25) is 0 Å². The molecule has 102 valence electrons. The first kappa shape index (κ1) is 14.8. The number of esters is 2. The van der Waals surface area contributed by atoms with Gasteiger partial charge in [0.05, 0.1) is 12.7 Å². The van der Waals surface area contributed by atoms with Crippen molar-refractivity contribution in [3.63, 3.8) is 0 Å². The van der Waals surface area contributed by atoms with Crippen LogP contribution in [0.5, 0.6) is 5.75 Å². The maximum Gasteiger partial charge on any atom is 0.337 e. The maximum atomic E-state index is 11.2. The molecule has 0 saturated carbocycles. The molecule has 5 nitrogen and oxygen atoms in total. The molecule has 0 heterocycles. The second-order valence-corrected chi connectivity index (χ2v) is 3.61. The van der Waals surface area contributed by atoms with Gasteiger partial charge in [0.1, 0.15) is 5.75 Å². The lowest BCUT2D eigenvalue weighted by Crippen LogP contribution is -2.22. The van der Waals surface area contributed by atoms with Crippen molar-refractivity contribution in [2.24, 2.45) is 0 Å². The quantitative estimate of drug-likeness (QED) is 0.448. The fraction of sp³-hybridized carbons (Fsp3) is 0.286. The van der Waals surface area contributed by atoms with Crippen molar-refractivity contribution in [2.75, 3.05) is 7.11 Å². The van der Waals surface area contributed by atoms with E-state index in [0.29, 0.717) is 17.7 Å². The Morgan fingerprint density at radius 2 is 1.95 bits per heavy atom. The first-order valence-electron chi connectivity index (χ1n) is 5.78. The molecule has 19 heavy (non-hydrogen) atoms. The van der Waals surface area contributed by atoms with Crippen LogP contribution in [0.4, 0.5) is 0 Å². The van der Waals surface area contributed by atoms with Gasteiger partial charge in [0.15, 0.2) is 0 Å². The van der Waals surface area contributed by atoms with Gasteiger partial charge < -0.3 is 14.2 Å². The van der Waals surface area contributed by atoms with E-state index in [-0.39, 0.29) is 0 Å². The normalized spacial score (nSPS) is 11.3. The molecule has 0 amide bonds. The largest absolute Gasteiger partial charge is 0.465 e. The molecule has 5 heteroatoms. The van der Waals surface area contributed by atoms with Gasteiger partial charge in [-0.3, -0.25) is 0 Å². The molecule has 0 aliphatic carbocycles. The van der Waals surface area contributed by atoms with Crippen molar-refractivity contribution in [3.05, 3.63) is 42.5 Å². The van der Waals surface area contributed by atoms with E-state index in [9.17, 15) is 9.59 Å². The van der Waals surface area contributed by atoms with Gasteiger partial charge in [-0.25, -0.2) is 9.59 Å². The Morgan fingerprint density at radius 1 is 1.32 bits per heavy atom. The second kappa shape index (κ2) is 7.20. The van der Waals surface area contributed by atoms with Crippen LogP contribution in [-0.4, -0.2) is 25.3 Å². The number of benzene rings is 1. The molecular weight excluding hydrogens is 248 g/mol. The fourth-order valence-corrected chi connectivity index (χ4v) is 1.31. The van der Waals surface area contributed by atoms with Crippen LogP contribution in [-0.2, 0) is 14.3 Å². The van der Waals surface area contributed by atoms with Crippen LogP contribution in [0.1, 0.15) is 23.7 Å². The van der Waals surface area contributed by atoms with E-state index in [0.717, 1.165) is 6.08 Å². The smallest absolute Gasteiger partial charge is 0.337 e. The van der Waals surface area contributed by atoms with Crippen LogP contribution in [0.25, 0.3) is 0 Å². The Balaban J connectivity index is 2.67. The third-order valence-corrected chi connectivity index (χ3v) is 2.29. The summed E-state index contributed by atoms with van der Waals surface area (Å²) >= 11 is 0. The minimum absolute atomic E-state index is 0.420. The van der Waals surface area contributed by atoms with Gasteiger partial charge in [-0.15, -0.1) is 0 Å². The standard InChI is InChI=1S/C14H16O5/c1-4-12(15)19-13(5-2)18-11-8-6-10(7-9-11)14(16)17-3/h4,6-9,13H,1,5H2,2-3H3. The number of hydrogen-bond acceptors (Lipinski definition) is 5. The fourth-order valence-electron chi connectivity index (χ4n) is 1.31. The van der Waals surface area contributed by atoms with Gasteiger partial charge in [-0.05, 0) is 24.3 Å². The molecule has 0 aromatic heterocycles. The van der Waals surface area contributed by atoms with Gasteiger partial charge in [0, 0.05) is 12.5 Å². The summed E-state index contributed by atoms with van der Waals surface area (Å²) in [5, 5.41) is 0. The van der Waals surface area contributed by atoms with Gasteiger partial charge >= 0.3 is 11.9 Å². The summed E-state index contributed by atoms with van der Waals surface area (Å²) in [6.45, 7) is 5.14. The highest BCUT2D eigenvalue weighted by Crippen LogP contribution is 2.16. The van der Waals surface area contributed by atoms with Gasteiger partial charge in [0.2, 0.25) is 6.29 Å². The van der Waals surface area contributed by atoms with Crippen molar-refractivity contribution in [2.45, 2.75) is 19.6 Å². The highest BCUT2D eigenvalue weighted by molar-refractivity contribution is 5.89. The molecule has 0 radical (unpaired) electrons. The number of rotatable bonds is 6. The molecule has 1 unspecified atom stereocenters. The zero-order chi connectivity index (χ0) is 14.3. The Kier molecular flexibility index (Phi) is 5.60. The summed E-state index contributed by atoms with van der Waals surface area (Å²) in [6, 6.07) is 6.36.